The molecule has 0 radical (unpaired) electrons. The molecule has 0 aliphatic carbocycles. The van der Waals surface area contributed by atoms with Crippen LogP contribution < -0.4 is 10.2 Å². The summed E-state index contributed by atoms with van der Waals surface area (Å²) in [6, 6.07) is 6.69. The van der Waals surface area contributed by atoms with Gasteiger partial charge >= 0.3 is 0 Å². The van der Waals surface area contributed by atoms with Gasteiger partial charge in [0.25, 0.3) is 5.91 Å². The number of nitrogens with zero attached hydrogens (tertiary/aromatic N) is 1. The predicted octanol–water partition coefficient (Wildman–Crippen LogP) is 1.42. The molecule has 4 heteroatoms. The summed E-state index contributed by atoms with van der Waals surface area (Å²) in [7, 11) is 1.71. The Morgan fingerprint density at radius 2 is 1.88 bits per heavy atom. The van der Waals surface area contributed by atoms with E-state index < -0.39 is 6.04 Å². The molecule has 2 amide bonds. The molecule has 1 atom stereocenters. The fourth-order valence-electron chi connectivity index (χ4n) is 2.02. The molecule has 1 heterocycles. The van der Waals surface area contributed by atoms with Gasteiger partial charge in [0.15, 0.2) is 0 Å². The number of carbonyl (C=O) groups excluding carboxylic acids is 2. The van der Waals surface area contributed by atoms with Crippen molar-refractivity contribution in [1.29, 1.82) is 0 Å². The molecule has 1 aliphatic heterocycles. The molecule has 0 saturated heterocycles. The van der Waals surface area contributed by atoms with E-state index in [9.17, 15) is 9.59 Å². The van der Waals surface area contributed by atoms with Gasteiger partial charge in [0.05, 0.1) is 11.3 Å². The number of anilines is 1. The van der Waals surface area contributed by atoms with Crippen molar-refractivity contribution in [3.05, 3.63) is 29.8 Å². The molecular weight excluding hydrogens is 216 g/mol. The number of amides is 2. The lowest BCUT2D eigenvalue weighted by Crippen LogP contribution is -2.47. The first-order chi connectivity index (χ1) is 8.02. The van der Waals surface area contributed by atoms with E-state index in [1.807, 2.05) is 19.9 Å². The number of nitrogens with one attached hydrogen (secondary N) is 1. The van der Waals surface area contributed by atoms with E-state index in [1.54, 1.807) is 30.1 Å². The van der Waals surface area contributed by atoms with Crippen LogP contribution in [0.4, 0.5) is 5.69 Å². The van der Waals surface area contributed by atoms with Crippen LogP contribution in [0.15, 0.2) is 24.3 Å². The van der Waals surface area contributed by atoms with Gasteiger partial charge in [0.2, 0.25) is 5.91 Å². The molecular formula is C13H16N2O2. The maximum atomic E-state index is 12.2. The molecule has 1 aromatic carbocycles. The summed E-state index contributed by atoms with van der Waals surface area (Å²) in [5, 5.41) is 2.78. The summed E-state index contributed by atoms with van der Waals surface area (Å²) in [5.74, 6) is -0.182. The number of hydrogen-bond donors (Lipinski definition) is 1. The van der Waals surface area contributed by atoms with Crippen LogP contribution in [0, 0.1) is 5.92 Å². The molecule has 0 fully saturated rings. The Kier molecular flexibility index (Phi) is 2.88. The summed E-state index contributed by atoms with van der Waals surface area (Å²) < 4.78 is 0. The molecule has 0 saturated carbocycles. The van der Waals surface area contributed by atoms with Crippen LogP contribution in [0.2, 0.25) is 0 Å². The zero-order valence-electron chi connectivity index (χ0n) is 10.2. The normalized spacial score (nSPS) is 20.0. The number of hydrogen-bond acceptors (Lipinski definition) is 2. The number of likely N-dealkylation sites (N-methyl/N-ethyl adjacent to an activating group) is 1. The van der Waals surface area contributed by atoms with Crippen molar-refractivity contribution in [2.45, 2.75) is 19.9 Å². The Bertz CT molecular complexity index is 468. The second-order valence-corrected chi connectivity index (χ2v) is 4.61. The van der Waals surface area contributed by atoms with Gasteiger partial charge in [-0.3, -0.25) is 9.59 Å². The lowest BCUT2D eigenvalue weighted by molar-refractivity contribution is -0.120. The molecule has 1 unspecified atom stereocenters. The molecule has 2 rings (SSSR count). The summed E-state index contributed by atoms with van der Waals surface area (Å²) in [4.78, 5) is 25.8. The van der Waals surface area contributed by atoms with Crippen LogP contribution in [0.25, 0.3) is 0 Å². The predicted molar refractivity (Wildman–Crippen MR) is 65.9 cm³/mol. The van der Waals surface area contributed by atoms with Crippen molar-refractivity contribution in [3.8, 4) is 0 Å². The maximum Gasteiger partial charge on any atom is 0.254 e. The minimum absolute atomic E-state index is 0.0710. The summed E-state index contributed by atoms with van der Waals surface area (Å²) in [6.45, 7) is 3.85. The Balaban J connectivity index is 2.50. The van der Waals surface area contributed by atoms with Crippen molar-refractivity contribution in [3.63, 3.8) is 0 Å². The lowest BCUT2D eigenvalue weighted by Gasteiger charge is -2.23. The zero-order valence-corrected chi connectivity index (χ0v) is 10.2. The molecule has 4 nitrogen and oxygen atoms in total. The van der Waals surface area contributed by atoms with Crippen molar-refractivity contribution in [2.24, 2.45) is 5.92 Å². The third kappa shape index (κ3) is 1.90. The van der Waals surface area contributed by atoms with E-state index in [-0.39, 0.29) is 17.7 Å². The van der Waals surface area contributed by atoms with Gasteiger partial charge in [-0.25, -0.2) is 0 Å². The highest BCUT2D eigenvalue weighted by molar-refractivity contribution is 6.10. The van der Waals surface area contributed by atoms with Crippen LogP contribution >= 0.6 is 0 Å². The van der Waals surface area contributed by atoms with Crippen molar-refractivity contribution < 1.29 is 9.59 Å². The van der Waals surface area contributed by atoms with Crippen molar-refractivity contribution >= 4 is 17.5 Å². The van der Waals surface area contributed by atoms with E-state index in [0.717, 1.165) is 0 Å². The highest BCUT2D eigenvalue weighted by Crippen LogP contribution is 2.24. The third-order valence-corrected chi connectivity index (χ3v) is 3.06. The van der Waals surface area contributed by atoms with E-state index in [0.29, 0.717) is 11.3 Å². The minimum Gasteiger partial charge on any atom is -0.340 e. The third-order valence-electron chi connectivity index (χ3n) is 3.06. The van der Waals surface area contributed by atoms with Crippen LogP contribution in [0.5, 0.6) is 0 Å². The highest BCUT2D eigenvalue weighted by Gasteiger charge is 2.33. The van der Waals surface area contributed by atoms with Gasteiger partial charge < -0.3 is 10.2 Å². The number of para-hydroxylation sites is 1. The van der Waals surface area contributed by atoms with Gasteiger partial charge in [-0.15, -0.1) is 0 Å². The summed E-state index contributed by atoms with van der Waals surface area (Å²) in [5.41, 5.74) is 1.21. The zero-order chi connectivity index (χ0) is 12.6. The SMILES string of the molecule is CC(C)C1NC(=O)c2ccccc2N(C)C1=O. The van der Waals surface area contributed by atoms with E-state index in [1.165, 1.54) is 0 Å². The Hall–Kier alpha value is -1.84. The number of carbonyl (C=O) groups is 2. The molecule has 17 heavy (non-hydrogen) atoms. The van der Waals surface area contributed by atoms with Crippen molar-refractivity contribution in [2.75, 3.05) is 11.9 Å². The highest BCUT2D eigenvalue weighted by atomic mass is 16.2. The van der Waals surface area contributed by atoms with Gasteiger partial charge in [0.1, 0.15) is 6.04 Å². The monoisotopic (exact) mass is 232 g/mol. The summed E-state index contributed by atoms with van der Waals surface area (Å²) in [6.07, 6.45) is 0. The maximum absolute atomic E-state index is 12.2. The first-order valence-electron chi connectivity index (χ1n) is 5.70. The van der Waals surface area contributed by atoms with Gasteiger partial charge in [0, 0.05) is 7.05 Å². The first-order valence-corrected chi connectivity index (χ1v) is 5.70. The molecule has 1 aliphatic rings. The fraction of sp³-hybridized carbons (Fsp3) is 0.385. The Morgan fingerprint density at radius 1 is 1.24 bits per heavy atom. The van der Waals surface area contributed by atoms with Gasteiger partial charge in [-0.1, -0.05) is 26.0 Å². The van der Waals surface area contributed by atoms with Crippen LogP contribution in [-0.4, -0.2) is 24.9 Å². The fourth-order valence-corrected chi connectivity index (χ4v) is 2.02. The molecule has 1 N–H and O–H groups in total. The largest absolute Gasteiger partial charge is 0.340 e. The molecule has 1 aromatic rings. The molecule has 0 aromatic heterocycles. The van der Waals surface area contributed by atoms with Gasteiger partial charge in [-0.2, -0.15) is 0 Å². The first kappa shape index (κ1) is 11.6. The average Bonchev–Trinajstić information content (AvgIpc) is 2.41. The Labute approximate surface area is 101 Å². The summed E-state index contributed by atoms with van der Waals surface area (Å²) >= 11 is 0. The number of rotatable bonds is 1. The topological polar surface area (TPSA) is 49.4 Å². The second kappa shape index (κ2) is 4.20. The van der Waals surface area contributed by atoms with Crippen molar-refractivity contribution in [1.82, 2.24) is 5.32 Å². The quantitative estimate of drug-likeness (QED) is 0.796. The number of benzene rings is 1. The molecule has 0 bridgehead atoms. The van der Waals surface area contributed by atoms with Gasteiger partial charge in [-0.05, 0) is 18.1 Å². The second-order valence-electron chi connectivity index (χ2n) is 4.61. The van der Waals surface area contributed by atoms with Crippen LogP contribution in [0.1, 0.15) is 24.2 Å². The standard InChI is InChI=1S/C13H16N2O2/c1-8(2)11-13(17)15(3)10-7-5-4-6-9(10)12(16)14-11/h4-8,11H,1-3H3,(H,14,16). The van der Waals surface area contributed by atoms with E-state index in [4.69, 9.17) is 0 Å². The van der Waals surface area contributed by atoms with Crippen LogP contribution in [0.3, 0.4) is 0 Å². The molecule has 90 valence electrons. The van der Waals surface area contributed by atoms with E-state index >= 15 is 0 Å². The van der Waals surface area contributed by atoms with E-state index in [2.05, 4.69) is 5.32 Å². The smallest absolute Gasteiger partial charge is 0.254 e. The lowest BCUT2D eigenvalue weighted by atomic mass is 10.0. The number of fused-ring (bicyclic) bond motifs is 1. The Morgan fingerprint density at radius 3 is 2.53 bits per heavy atom. The van der Waals surface area contributed by atoms with Crippen LogP contribution in [-0.2, 0) is 4.79 Å². The minimum atomic E-state index is -0.458. The average molecular weight is 232 g/mol. The molecule has 0 spiro atoms.